The monoisotopic (exact) mass is 353 g/mol. The van der Waals surface area contributed by atoms with Crippen molar-refractivity contribution >= 4 is 22.5 Å². The number of rotatable bonds is 5. The Morgan fingerprint density at radius 2 is 1.59 bits per heavy atom. The number of nitrogens with zero attached hydrogens (tertiary/aromatic N) is 2. The second-order valence-corrected chi connectivity index (χ2v) is 6.36. The maximum Gasteiger partial charge on any atom is 0.232 e. The van der Waals surface area contributed by atoms with E-state index in [0.717, 1.165) is 27.8 Å². The first-order valence-corrected chi connectivity index (χ1v) is 8.91. The van der Waals surface area contributed by atoms with E-state index in [9.17, 15) is 4.79 Å². The fourth-order valence-corrected chi connectivity index (χ4v) is 3.20. The number of carbonyl (C=O) groups is 1. The van der Waals surface area contributed by atoms with E-state index in [0.29, 0.717) is 6.42 Å². The summed E-state index contributed by atoms with van der Waals surface area (Å²) in [6, 6.07) is 25.3. The molecule has 4 nitrogen and oxygen atoms in total. The summed E-state index contributed by atoms with van der Waals surface area (Å²) < 4.78 is 0. The Morgan fingerprint density at radius 1 is 0.815 bits per heavy atom. The quantitative estimate of drug-likeness (QED) is 0.571. The highest BCUT2D eigenvalue weighted by atomic mass is 16.1. The van der Waals surface area contributed by atoms with Gasteiger partial charge in [-0.25, -0.2) is 0 Å². The molecule has 1 atom stereocenters. The molecule has 0 bridgehead atoms. The molecule has 0 aliphatic heterocycles. The van der Waals surface area contributed by atoms with Crippen molar-refractivity contribution in [2.45, 2.75) is 12.3 Å². The molecule has 1 N–H and O–H groups in total. The van der Waals surface area contributed by atoms with E-state index in [4.69, 9.17) is 0 Å². The zero-order valence-electron chi connectivity index (χ0n) is 14.7. The first-order chi connectivity index (χ1) is 13.3. The molecular formula is C23H19N3O. The van der Waals surface area contributed by atoms with Crippen LogP contribution >= 0.6 is 0 Å². The highest BCUT2D eigenvalue weighted by molar-refractivity contribution is 6.02. The topological polar surface area (TPSA) is 54.9 Å². The van der Waals surface area contributed by atoms with Gasteiger partial charge < -0.3 is 5.32 Å². The van der Waals surface area contributed by atoms with Crippen LogP contribution in [0, 0.1) is 0 Å². The van der Waals surface area contributed by atoms with Crippen LogP contribution in [0.25, 0.3) is 10.9 Å². The zero-order valence-corrected chi connectivity index (χ0v) is 14.7. The molecule has 1 unspecified atom stereocenters. The molecule has 1 amide bonds. The van der Waals surface area contributed by atoms with Crippen molar-refractivity contribution in [2.75, 3.05) is 5.32 Å². The van der Waals surface area contributed by atoms with Gasteiger partial charge in [0, 0.05) is 29.9 Å². The molecular weight excluding hydrogens is 334 g/mol. The number of benzene rings is 2. The maximum atomic E-state index is 13.2. The minimum atomic E-state index is -0.333. The standard InChI is InChI=1S/C23H19N3O/c27-23(26-21-13-6-10-18-11-7-15-25-22(18)21)20(17-8-2-1-3-9-17)16-19-12-4-5-14-24-19/h1-15,20H,16H2,(H,26,27). The van der Waals surface area contributed by atoms with Gasteiger partial charge >= 0.3 is 0 Å². The molecule has 0 aliphatic rings. The van der Waals surface area contributed by atoms with Gasteiger partial charge in [-0.1, -0.05) is 54.6 Å². The Morgan fingerprint density at radius 3 is 2.41 bits per heavy atom. The lowest BCUT2D eigenvalue weighted by Gasteiger charge is -2.18. The second-order valence-electron chi connectivity index (χ2n) is 6.36. The fraction of sp³-hybridized carbons (Fsp3) is 0.0870. The molecule has 0 saturated heterocycles. The Kier molecular flexibility index (Phi) is 4.88. The molecule has 4 heteroatoms. The first-order valence-electron chi connectivity index (χ1n) is 8.91. The van der Waals surface area contributed by atoms with Crippen molar-refractivity contribution in [1.29, 1.82) is 0 Å². The Bertz CT molecular complexity index is 1040. The van der Waals surface area contributed by atoms with E-state index in [1.165, 1.54) is 0 Å². The third-order valence-electron chi connectivity index (χ3n) is 4.55. The average molecular weight is 353 g/mol. The molecule has 2 aromatic carbocycles. The molecule has 132 valence electrons. The molecule has 2 heterocycles. The molecule has 4 aromatic rings. The van der Waals surface area contributed by atoms with Gasteiger partial charge in [0.05, 0.1) is 17.1 Å². The normalized spacial score (nSPS) is 11.9. The second kappa shape index (κ2) is 7.79. The summed E-state index contributed by atoms with van der Waals surface area (Å²) in [5.74, 6) is -0.398. The van der Waals surface area contributed by atoms with Crippen molar-refractivity contribution in [3.05, 3.63) is 103 Å². The number of amides is 1. The van der Waals surface area contributed by atoms with E-state index in [-0.39, 0.29) is 11.8 Å². The number of pyridine rings is 2. The number of aromatic nitrogens is 2. The Labute approximate surface area is 157 Å². The van der Waals surface area contributed by atoms with Crippen LogP contribution in [0.5, 0.6) is 0 Å². The van der Waals surface area contributed by atoms with Crippen LogP contribution in [0.2, 0.25) is 0 Å². The van der Waals surface area contributed by atoms with Crippen molar-refractivity contribution in [3.63, 3.8) is 0 Å². The SMILES string of the molecule is O=C(Nc1cccc2cccnc12)C(Cc1ccccn1)c1ccccc1. The van der Waals surface area contributed by atoms with E-state index >= 15 is 0 Å². The predicted molar refractivity (Wildman–Crippen MR) is 107 cm³/mol. The van der Waals surface area contributed by atoms with E-state index in [1.54, 1.807) is 12.4 Å². The van der Waals surface area contributed by atoms with Crippen LogP contribution in [0.1, 0.15) is 17.2 Å². The highest BCUT2D eigenvalue weighted by Crippen LogP contribution is 2.25. The lowest BCUT2D eigenvalue weighted by Crippen LogP contribution is -2.23. The molecule has 0 radical (unpaired) electrons. The van der Waals surface area contributed by atoms with Crippen LogP contribution in [0.15, 0.2) is 91.3 Å². The van der Waals surface area contributed by atoms with Crippen LogP contribution in [-0.4, -0.2) is 15.9 Å². The van der Waals surface area contributed by atoms with Crippen molar-refractivity contribution in [2.24, 2.45) is 0 Å². The summed E-state index contributed by atoms with van der Waals surface area (Å²) in [7, 11) is 0. The summed E-state index contributed by atoms with van der Waals surface area (Å²) >= 11 is 0. The van der Waals surface area contributed by atoms with E-state index in [2.05, 4.69) is 15.3 Å². The van der Waals surface area contributed by atoms with Gasteiger partial charge in [0.2, 0.25) is 5.91 Å². The number of fused-ring (bicyclic) bond motifs is 1. The number of carbonyl (C=O) groups excluding carboxylic acids is 1. The van der Waals surface area contributed by atoms with Gasteiger partial charge in [-0.3, -0.25) is 14.8 Å². The van der Waals surface area contributed by atoms with E-state index < -0.39 is 0 Å². The third kappa shape index (κ3) is 3.85. The average Bonchev–Trinajstić information content (AvgIpc) is 2.73. The smallest absolute Gasteiger partial charge is 0.232 e. The zero-order chi connectivity index (χ0) is 18.5. The Hall–Kier alpha value is -3.53. The van der Waals surface area contributed by atoms with Gasteiger partial charge in [-0.2, -0.15) is 0 Å². The minimum Gasteiger partial charge on any atom is -0.324 e. The molecule has 0 fully saturated rings. The van der Waals surface area contributed by atoms with E-state index in [1.807, 2.05) is 78.9 Å². The molecule has 2 aromatic heterocycles. The summed E-state index contributed by atoms with van der Waals surface area (Å²) in [5.41, 5.74) is 3.37. The number of para-hydroxylation sites is 1. The lowest BCUT2D eigenvalue weighted by molar-refractivity contribution is -0.117. The lowest BCUT2D eigenvalue weighted by atomic mass is 9.93. The summed E-state index contributed by atoms with van der Waals surface area (Å²) in [4.78, 5) is 22.0. The molecule has 27 heavy (non-hydrogen) atoms. The van der Waals surface area contributed by atoms with Gasteiger partial charge in [-0.05, 0) is 29.8 Å². The Balaban J connectivity index is 1.66. The van der Waals surface area contributed by atoms with Crippen LogP contribution in [0.3, 0.4) is 0 Å². The summed E-state index contributed by atoms with van der Waals surface area (Å²) in [6.45, 7) is 0. The molecule has 0 spiro atoms. The van der Waals surface area contributed by atoms with Crippen molar-refractivity contribution in [3.8, 4) is 0 Å². The van der Waals surface area contributed by atoms with Gasteiger partial charge in [0.25, 0.3) is 0 Å². The largest absolute Gasteiger partial charge is 0.324 e. The minimum absolute atomic E-state index is 0.0648. The summed E-state index contributed by atoms with van der Waals surface area (Å²) in [6.07, 6.45) is 4.03. The third-order valence-corrected chi connectivity index (χ3v) is 4.55. The summed E-state index contributed by atoms with van der Waals surface area (Å²) in [5, 5.41) is 4.07. The van der Waals surface area contributed by atoms with Crippen molar-refractivity contribution in [1.82, 2.24) is 9.97 Å². The van der Waals surface area contributed by atoms with Crippen molar-refractivity contribution < 1.29 is 4.79 Å². The first kappa shape index (κ1) is 16.9. The van der Waals surface area contributed by atoms with Gasteiger partial charge in [0.15, 0.2) is 0 Å². The number of hydrogen-bond donors (Lipinski definition) is 1. The maximum absolute atomic E-state index is 13.2. The molecule has 0 aliphatic carbocycles. The number of hydrogen-bond acceptors (Lipinski definition) is 3. The van der Waals surface area contributed by atoms with Gasteiger partial charge in [0.1, 0.15) is 0 Å². The predicted octanol–water partition coefficient (Wildman–Crippen LogP) is 4.59. The van der Waals surface area contributed by atoms with Crippen LogP contribution in [0.4, 0.5) is 5.69 Å². The number of nitrogens with one attached hydrogen (secondary N) is 1. The van der Waals surface area contributed by atoms with Crippen LogP contribution in [-0.2, 0) is 11.2 Å². The number of anilines is 1. The molecule has 0 saturated carbocycles. The molecule has 4 rings (SSSR count). The van der Waals surface area contributed by atoms with Crippen LogP contribution < -0.4 is 5.32 Å². The van der Waals surface area contributed by atoms with Gasteiger partial charge in [-0.15, -0.1) is 0 Å². The highest BCUT2D eigenvalue weighted by Gasteiger charge is 2.22. The fourth-order valence-electron chi connectivity index (χ4n) is 3.20.